The van der Waals surface area contributed by atoms with E-state index in [9.17, 15) is 23.1 Å². The van der Waals surface area contributed by atoms with E-state index in [4.69, 9.17) is 4.74 Å². The molecule has 0 saturated heterocycles. The number of sulfonamides is 1. The van der Waals surface area contributed by atoms with E-state index in [1.807, 2.05) is 44.2 Å². The maximum absolute atomic E-state index is 14.1. The molecule has 12 nitrogen and oxygen atoms in total. The smallest absolute Gasteiger partial charge is 0.407 e. The van der Waals surface area contributed by atoms with Gasteiger partial charge in [0.15, 0.2) is 5.13 Å². The van der Waals surface area contributed by atoms with E-state index in [1.165, 1.54) is 44.0 Å². The standard InChI is InChI=1S/C32H36N6O6S3/c1-21(2)17-38(18-28(39)27(13-22-7-5-4-6-8-22)36-32(41)44-19-24-16-34-20-45-24)47(42,43)25-9-10-26-29(14-25)46-31(35-26)37(3)30(40)23-11-12-33-15-23/h4-12,14-16,20-21,27-28,33,39H,13,17-19H2,1-3H3,(H,36,41)/t27-,28+/m0/s1. The van der Waals surface area contributed by atoms with Gasteiger partial charge in [0.2, 0.25) is 10.0 Å². The minimum atomic E-state index is -4.10. The van der Waals surface area contributed by atoms with Gasteiger partial charge in [-0.2, -0.15) is 4.31 Å². The first kappa shape index (κ1) is 34.2. The first-order valence-corrected chi connectivity index (χ1v) is 18.0. The molecule has 0 unspecified atom stereocenters. The minimum Gasteiger partial charge on any atom is -0.444 e. The molecule has 2 amide bonds. The summed E-state index contributed by atoms with van der Waals surface area (Å²) in [6.07, 6.45) is 3.11. The summed E-state index contributed by atoms with van der Waals surface area (Å²) < 4.78 is 35.4. The molecule has 0 radical (unpaired) electrons. The van der Waals surface area contributed by atoms with Crippen LogP contribution in [0.25, 0.3) is 10.2 Å². The molecule has 2 atom stereocenters. The number of thiazole rings is 2. The van der Waals surface area contributed by atoms with Gasteiger partial charge in [-0.25, -0.2) is 18.2 Å². The number of nitrogens with zero attached hydrogens (tertiary/aromatic N) is 4. The molecule has 0 spiro atoms. The second kappa shape index (κ2) is 15.2. The van der Waals surface area contributed by atoms with Crippen LogP contribution in [-0.2, 0) is 27.8 Å². The number of benzene rings is 2. The molecule has 0 fully saturated rings. The topological polar surface area (TPSA) is 158 Å². The molecule has 0 aliphatic carbocycles. The molecule has 248 valence electrons. The quantitative estimate of drug-likeness (QED) is 0.148. The molecule has 5 aromatic rings. The number of carbonyl (C=O) groups excluding carboxylic acids is 2. The van der Waals surface area contributed by atoms with Crippen LogP contribution in [0.15, 0.2) is 83.6 Å². The lowest BCUT2D eigenvalue weighted by atomic mass is 10.0. The average molecular weight is 697 g/mol. The number of anilines is 1. The van der Waals surface area contributed by atoms with Gasteiger partial charge in [0.1, 0.15) is 6.61 Å². The van der Waals surface area contributed by atoms with Crippen LogP contribution in [0.1, 0.15) is 34.6 Å². The lowest BCUT2D eigenvalue weighted by Gasteiger charge is -2.30. The summed E-state index contributed by atoms with van der Waals surface area (Å²) in [7, 11) is -2.49. The van der Waals surface area contributed by atoms with Crippen molar-refractivity contribution in [3.05, 3.63) is 94.7 Å². The van der Waals surface area contributed by atoms with Crippen molar-refractivity contribution in [2.75, 3.05) is 25.0 Å². The molecular formula is C32H36N6O6S3. The molecule has 0 aliphatic heterocycles. The van der Waals surface area contributed by atoms with Crippen molar-refractivity contribution in [1.82, 2.24) is 24.6 Å². The van der Waals surface area contributed by atoms with Crippen LogP contribution >= 0.6 is 22.7 Å². The van der Waals surface area contributed by atoms with Gasteiger partial charge in [-0.3, -0.25) is 14.7 Å². The van der Waals surface area contributed by atoms with Crippen LogP contribution in [-0.4, -0.2) is 77.1 Å². The highest BCUT2D eigenvalue weighted by molar-refractivity contribution is 7.89. The first-order chi connectivity index (χ1) is 22.5. The summed E-state index contributed by atoms with van der Waals surface area (Å²) in [4.78, 5) is 39.2. The number of aliphatic hydroxyl groups is 1. The van der Waals surface area contributed by atoms with Gasteiger partial charge in [0.05, 0.1) is 43.2 Å². The number of nitrogens with one attached hydrogen (secondary N) is 2. The molecule has 3 heterocycles. The highest BCUT2D eigenvalue weighted by Gasteiger charge is 2.32. The van der Waals surface area contributed by atoms with Crippen molar-refractivity contribution in [2.24, 2.45) is 5.92 Å². The number of aliphatic hydroxyl groups excluding tert-OH is 1. The van der Waals surface area contributed by atoms with Crippen LogP contribution < -0.4 is 10.2 Å². The van der Waals surface area contributed by atoms with Gasteiger partial charge in [-0.05, 0) is 42.2 Å². The van der Waals surface area contributed by atoms with E-state index in [0.717, 1.165) is 10.4 Å². The zero-order chi connectivity index (χ0) is 33.6. The Hall–Kier alpha value is -4.15. The summed E-state index contributed by atoms with van der Waals surface area (Å²) in [6, 6.07) is 14.8. The normalized spacial score (nSPS) is 13.1. The number of carbonyl (C=O) groups is 2. The molecule has 0 aliphatic rings. The van der Waals surface area contributed by atoms with Crippen molar-refractivity contribution in [3.63, 3.8) is 0 Å². The lowest BCUT2D eigenvalue weighted by molar-refractivity contribution is 0.0876. The number of rotatable bonds is 14. The van der Waals surface area contributed by atoms with Crippen LogP contribution in [0.5, 0.6) is 0 Å². The van der Waals surface area contributed by atoms with Crippen LogP contribution in [0.4, 0.5) is 9.93 Å². The Labute approximate surface area is 281 Å². The van der Waals surface area contributed by atoms with Crippen molar-refractivity contribution >= 4 is 60.0 Å². The van der Waals surface area contributed by atoms with Gasteiger partial charge in [-0.15, -0.1) is 11.3 Å². The molecule has 47 heavy (non-hydrogen) atoms. The van der Waals surface area contributed by atoms with Gasteiger partial charge >= 0.3 is 6.09 Å². The number of fused-ring (bicyclic) bond motifs is 1. The molecule has 3 aromatic heterocycles. The molecule has 0 saturated carbocycles. The SMILES string of the molecule is CC(C)CN(C[C@@H](O)[C@H](Cc1ccccc1)NC(=O)OCc1cncs1)S(=O)(=O)c1ccc2nc(N(C)C(=O)c3cc[nH]c3)sc2c1. The van der Waals surface area contributed by atoms with Gasteiger partial charge in [-0.1, -0.05) is 55.5 Å². The largest absolute Gasteiger partial charge is 0.444 e. The number of alkyl carbamates (subject to hydrolysis) is 1. The summed E-state index contributed by atoms with van der Waals surface area (Å²) in [6.45, 7) is 3.67. The Morgan fingerprint density at radius 2 is 1.89 bits per heavy atom. The number of aromatic amines is 1. The van der Waals surface area contributed by atoms with E-state index < -0.39 is 28.3 Å². The Morgan fingerprint density at radius 3 is 2.57 bits per heavy atom. The van der Waals surface area contributed by atoms with E-state index >= 15 is 0 Å². The Morgan fingerprint density at radius 1 is 1.11 bits per heavy atom. The number of aromatic nitrogens is 3. The second-order valence-corrected chi connectivity index (χ2v) is 15.3. The molecule has 0 bridgehead atoms. The zero-order valence-corrected chi connectivity index (χ0v) is 28.5. The van der Waals surface area contributed by atoms with Crippen LogP contribution in [0, 0.1) is 5.92 Å². The molecular weight excluding hydrogens is 661 g/mol. The maximum atomic E-state index is 14.1. The van der Waals surface area contributed by atoms with Crippen molar-refractivity contribution in [1.29, 1.82) is 0 Å². The maximum Gasteiger partial charge on any atom is 0.407 e. The van der Waals surface area contributed by atoms with E-state index in [-0.39, 0.29) is 42.8 Å². The fraction of sp³-hybridized carbons (Fsp3) is 0.312. The third-order valence-electron chi connectivity index (χ3n) is 7.28. The summed E-state index contributed by atoms with van der Waals surface area (Å²) >= 11 is 2.55. The number of hydrogen-bond acceptors (Lipinski definition) is 10. The Bertz CT molecular complexity index is 1880. The fourth-order valence-electron chi connectivity index (χ4n) is 4.89. The molecule has 3 N–H and O–H groups in total. The summed E-state index contributed by atoms with van der Waals surface area (Å²) in [5.41, 5.74) is 3.52. The predicted molar refractivity (Wildman–Crippen MR) is 182 cm³/mol. The van der Waals surface area contributed by atoms with Gasteiger partial charge in [0, 0.05) is 38.7 Å². The first-order valence-electron chi connectivity index (χ1n) is 14.9. The summed E-state index contributed by atoms with van der Waals surface area (Å²) in [5, 5.41) is 14.7. The second-order valence-electron chi connectivity index (χ2n) is 11.4. The van der Waals surface area contributed by atoms with Crippen molar-refractivity contribution in [2.45, 2.75) is 43.9 Å². The molecule has 2 aromatic carbocycles. The van der Waals surface area contributed by atoms with Gasteiger partial charge < -0.3 is 20.1 Å². The third kappa shape index (κ3) is 8.61. The number of H-pyrrole nitrogens is 1. The minimum absolute atomic E-state index is 0.0242. The van der Waals surface area contributed by atoms with E-state index in [2.05, 4.69) is 20.3 Å². The third-order valence-corrected chi connectivity index (χ3v) is 11.0. The fourth-order valence-corrected chi connectivity index (χ4v) is 8.08. The van der Waals surface area contributed by atoms with Crippen LogP contribution in [0.2, 0.25) is 0 Å². The average Bonchev–Trinajstić information content (AvgIpc) is 3.85. The number of hydrogen-bond donors (Lipinski definition) is 3. The summed E-state index contributed by atoms with van der Waals surface area (Å²) in [5.74, 6) is -0.310. The van der Waals surface area contributed by atoms with Crippen LogP contribution in [0.3, 0.4) is 0 Å². The predicted octanol–water partition coefficient (Wildman–Crippen LogP) is 4.90. The Balaban J connectivity index is 1.36. The lowest BCUT2D eigenvalue weighted by Crippen LogP contribution is -2.51. The number of amides is 2. The van der Waals surface area contributed by atoms with Crippen molar-refractivity contribution in [3.8, 4) is 0 Å². The van der Waals surface area contributed by atoms with E-state index in [1.54, 1.807) is 43.3 Å². The Kier molecular flexibility index (Phi) is 11.0. The van der Waals surface area contributed by atoms with Crippen molar-refractivity contribution < 1.29 is 27.9 Å². The van der Waals surface area contributed by atoms with E-state index in [0.29, 0.717) is 20.9 Å². The highest BCUT2D eigenvalue weighted by Crippen LogP contribution is 2.32. The highest BCUT2D eigenvalue weighted by atomic mass is 32.2. The molecule has 5 rings (SSSR count). The number of ether oxygens (including phenoxy) is 1. The molecule has 15 heteroatoms. The monoisotopic (exact) mass is 696 g/mol. The van der Waals surface area contributed by atoms with Gasteiger partial charge in [0.25, 0.3) is 5.91 Å². The zero-order valence-electron chi connectivity index (χ0n) is 26.1.